The van der Waals surface area contributed by atoms with Gasteiger partial charge in [0, 0.05) is 142 Å². The summed E-state index contributed by atoms with van der Waals surface area (Å²) in [6, 6.07) is 8.42. The number of ether oxygens (including phenoxy) is 10. The number of hydrogen-bond acceptors (Lipinski definition) is 16. The van der Waals surface area contributed by atoms with Gasteiger partial charge >= 0.3 is 0 Å². The highest BCUT2D eigenvalue weighted by atomic mass is 16.6. The molecule has 3 aliphatic rings. The van der Waals surface area contributed by atoms with Gasteiger partial charge in [-0.15, -0.1) is 0 Å². The molecule has 16 heteroatoms. The first kappa shape index (κ1) is 92.2. The third-order valence-corrected chi connectivity index (χ3v) is 16.0. The van der Waals surface area contributed by atoms with Crippen LogP contribution in [0.2, 0.25) is 0 Å². The Morgan fingerprint density at radius 2 is 0.635 bits per heavy atom. The Hall–Kier alpha value is -1.86. The molecule has 3 heterocycles. The predicted octanol–water partition coefficient (Wildman–Crippen LogP) is 13.6. The summed E-state index contributed by atoms with van der Waals surface area (Å²) in [5, 5.41) is 0. The smallest absolute Gasteiger partial charge is 0.108 e. The van der Waals surface area contributed by atoms with Crippen LogP contribution in [-0.2, 0) is 53.8 Å². The Morgan fingerprint density at radius 3 is 0.969 bits per heavy atom. The maximum atomic E-state index is 5.76. The maximum absolute atomic E-state index is 5.76. The molecule has 0 radical (unpaired) electrons. The molecule has 4 rings (SSSR count). The van der Waals surface area contributed by atoms with Crippen LogP contribution in [0.4, 0.5) is 0 Å². The largest absolute Gasteiger partial charge is 0.380 e. The van der Waals surface area contributed by atoms with E-state index in [1.807, 2.05) is 26.8 Å². The van der Waals surface area contributed by atoms with Gasteiger partial charge in [0.2, 0.25) is 0 Å². The van der Waals surface area contributed by atoms with E-state index in [2.05, 4.69) is 205 Å². The summed E-state index contributed by atoms with van der Waals surface area (Å²) in [6.45, 7) is 86.4. The summed E-state index contributed by atoms with van der Waals surface area (Å²) in [7, 11) is 0. The van der Waals surface area contributed by atoms with Gasteiger partial charge in [0.1, 0.15) is 6.61 Å². The monoisotopic (exact) mass is 1360 g/mol. The summed E-state index contributed by atoms with van der Waals surface area (Å²) in [5.41, 5.74) is 4.72. The molecule has 0 N–H and O–H groups in total. The van der Waals surface area contributed by atoms with Crippen molar-refractivity contribution in [3.8, 4) is 11.8 Å². The third kappa shape index (κ3) is 60.9. The van der Waals surface area contributed by atoms with Crippen molar-refractivity contribution in [2.45, 2.75) is 203 Å². The van der Waals surface area contributed by atoms with E-state index in [0.29, 0.717) is 112 Å². The topological polar surface area (TPSA) is 112 Å². The van der Waals surface area contributed by atoms with Gasteiger partial charge in [-0.3, -0.25) is 19.6 Å². The second-order valence-electron chi connectivity index (χ2n) is 35.9. The standard InChI is InChI=1S/C26H42O5.C19H40N2O2.C18H38N2O2.C17H36N2O/c1-25(2,3)22-24-10-7-9-23(21-24)11-8-12-27-13-14-28-15-16-29-17-18-30-19-20-31-26(4,5)6;1-18(2,3)7-13-22-15-16-23-14-12-20-8-10-21(11-9-20)17-19(4,5)6;1-17(2,3)7-13-21-15-16-22-14-12-19-8-10-20(11-9-19)18(4,5)6;1-16(2,3)7-13-20-14-12-18-8-10-19(11-9-18)15-17(4,5)6/h7,9-10,21H,12-20,22H2,1-6H3;7-17H2,1-6H3;7-16H2,1-6H3;7-15H2,1-6H3. The fourth-order valence-corrected chi connectivity index (χ4v) is 10.5. The summed E-state index contributed by atoms with van der Waals surface area (Å²) in [4.78, 5) is 15.3. The van der Waals surface area contributed by atoms with Crippen LogP contribution in [0.15, 0.2) is 24.3 Å². The van der Waals surface area contributed by atoms with Gasteiger partial charge in [0.25, 0.3) is 0 Å². The van der Waals surface area contributed by atoms with Crippen molar-refractivity contribution in [3.63, 3.8) is 0 Å². The maximum Gasteiger partial charge on any atom is 0.108 e. The molecule has 0 amide bonds. The van der Waals surface area contributed by atoms with Gasteiger partial charge in [-0.2, -0.15) is 0 Å². The van der Waals surface area contributed by atoms with Crippen molar-refractivity contribution < 1.29 is 47.4 Å². The number of hydrogen-bond donors (Lipinski definition) is 0. The Bertz CT molecular complexity index is 2060. The van der Waals surface area contributed by atoms with E-state index in [1.54, 1.807) is 0 Å². The van der Waals surface area contributed by atoms with Crippen molar-refractivity contribution >= 4 is 0 Å². The fraction of sp³-hybridized carbons (Fsp3) is 0.900. The van der Waals surface area contributed by atoms with Gasteiger partial charge in [-0.05, 0) is 117 Å². The first-order valence-corrected chi connectivity index (χ1v) is 37.4. The molecule has 96 heavy (non-hydrogen) atoms. The molecular weight excluding hydrogens is 1200 g/mol. The Labute approximate surface area is 593 Å². The van der Waals surface area contributed by atoms with Crippen molar-refractivity contribution in [1.82, 2.24) is 29.4 Å². The van der Waals surface area contributed by atoms with Crippen LogP contribution in [0.3, 0.4) is 0 Å². The van der Waals surface area contributed by atoms with Crippen molar-refractivity contribution in [3.05, 3.63) is 35.4 Å². The summed E-state index contributed by atoms with van der Waals surface area (Å²) >= 11 is 0. The SMILES string of the molecule is CC(C)(C)CCOCCN1CCN(CC(C)(C)C)CC1.CC(C)(C)CCOCCOCCN1CCN(C(C)(C)C)CC1.CC(C)(C)CCOCCOCCN1CCN(CC(C)(C)C)CC1.CC(C)(C)Cc1cccc(C#CCOCCOCCOCCOCCOC(C)(C)C)c1. The highest BCUT2D eigenvalue weighted by molar-refractivity contribution is 5.37. The minimum absolute atomic E-state index is 0.120. The lowest BCUT2D eigenvalue weighted by atomic mass is 9.88. The molecule has 1 aromatic carbocycles. The van der Waals surface area contributed by atoms with Crippen LogP contribution in [-0.4, -0.2) is 277 Å². The van der Waals surface area contributed by atoms with E-state index in [9.17, 15) is 0 Å². The van der Waals surface area contributed by atoms with E-state index in [4.69, 9.17) is 47.4 Å². The van der Waals surface area contributed by atoms with Gasteiger partial charge in [0.15, 0.2) is 0 Å². The second kappa shape index (κ2) is 49.7. The lowest BCUT2D eigenvalue weighted by Crippen LogP contribution is -2.53. The number of rotatable bonds is 37. The lowest BCUT2D eigenvalue weighted by molar-refractivity contribution is -0.0458. The van der Waals surface area contributed by atoms with Crippen molar-refractivity contribution in [2.24, 2.45) is 32.5 Å². The van der Waals surface area contributed by atoms with Crippen LogP contribution in [0.1, 0.15) is 197 Å². The highest BCUT2D eigenvalue weighted by Gasteiger charge is 2.27. The zero-order chi connectivity index (χ0) is 72.2. The molecule has 3 fully saturated rings. The minimum Gasteiger partial charge on any atom is -0.380 e. The lowest BCUT2D eigenvalue weighted by Gasteiger charge is -2.42. The first-order valence-electron chi connectivity index (χ1n) is 37.4. The molecular formula is C80H156N6O10. The van der Waals surface area contributed by atoms with Gasteiger partial charge in [-0.25, -0.2) is 0 Å². The van der Waals surface area contributed by atoms with E-state index < -0.39 is 0 Å². The third-order valence-electron chi connectivity index (χ3n) is 16.0. The van der Waals surface area contributed by atoms with E-state index in [1.165, 1.54) is 84.1 Å². The van der Waals surface area contributed by atoms with Crippen LogP contribution in [0, 0.1) is 44.3 Å². The van der Waals surface area contributed by atoms with Gasteiger partial charge < -0.3 is 57.2 Å². The fourth-order valence-electron chi connectivity index (χ4n) is 10.5. The molecule has 3 saturated heterocycles. The molecule has 0 aromatic heterocycles. The summed E-state index contributed by atoms with van der Waals surface area (Å²) in [6.07, 6.45) is 4.39. The normalized spacial score (nSPS) is 16.7. The van der Waals surface area contributed by atoms with Crippen LogP contribution in [0.25, 0.3) is 0 Å². The van der Waals surface area contributed by atoms with Crippen molar-refractivity contribution in [2.75, 3.05) is 237 Å². The van der Waals surface area contributed by atoms with Crippen LogP contribution in [0.5, 0.6) is 0 Å². The zero-order valence-corrected chi connectivity index (χ0v) is 67.4. The average molecular weight is 1360 g/mol. The first-order chi connectivity index (χ1) is 44.7. The molecule has 0 saturated carbocycles. The molecule has 3 aliphatic heterocycles. The molecule has 566 valence electrons. The molecule has 0 aliphatic carbocycles. The average Bonchev–Trinajstić information content (AvgIpc) is 0.930. The summed E-state index contributed by atoms with van der Waals surface area (Å²) < 4.78 is 55.8. The highest BCUT2D eigenvalue weighted by Crippen LogP contribution is 2.23. The predicted molar refractivity (Wildman–Crippen MR) is 404 cm³/mol. The quantitative estimate of drug-likeness (QED) is 0.0465. The minimum atomic E-state index is -0.120. The second-order valence-corrected chi connectivity index (χ2v) is 35.9. The van der Waals surface area contributed by atoms with Crippen LogP contribution < -0.4 is 0 Å². The van der Waals surface area contributed by atoms with Crippen molar-refractivity contribution in [1.29, 1.82) is 0 Å². The Balaban J connectivity index is 0.000000649. The van der Waals surface area contributed by atoms with E-state index in [-0.39, 0.29) is 11.0 Å². The molecule has 16 nitrogen and oxygen atoms in total. The van der Waals surface area contributed by atoms with Crippen LogP contribution >= 0.6 is 0 Å². The molecule has 0 spiro atoms. The number of nitrogens with zero attached hydrogens (tertiary/aromatic N) is 6. The van der Waals surface area contributed by atoms with E-state index >= 15 is 0 Å². The Morgan fingerprint density at radius 1 is 0.323 bits per heavy atom. The number of piperazine rings is 3. The van der Waals surface area contributed by atoms with Gasteiger partial charge in [-0.1, -0.05) is 149 Å². The number of benzene rings is 1. The van der Waals surface area contributed by atoms with Gasteiger partial charge in [0.05, 0.1) is 105 Å². The molecule has 1 aromatic rings. The summed E-state index contributed by atoms with van der Waals surface area (Å²) in [5.74, 6) is 6.23. The molecule has 0 bridgehead atoms. The Kier molecular flexibility index (Phi) is 47.7. The van der Waals surface area contributed by atoms with E-state index in [0.717, 1.165) is 110 Å². The molecule has 0 atom stereocenters. The molecule has 0 unspecified atom stereocenters. The zero-order valence-electron chi connectivity index (χ0n) is 67.4.